The van der Waals surface area contributed by atoms with Gasteiger partial charge in [-0.3, -0.25) is 9.11 Å². The molecule has 37 heavy (non-hydrogen) atoms. The van der Waals surface area contributed by atoms with Gasteiger partial charge in [0.2, 0.25) is 0 Å². The lowest BCUT2D eigenvalue weighted by Gasteiger charge is -2.35. The fourth-order valence-electron chi connectivity index (χ4n) is 4.08. The molecule has 194 valence electrons. The molecule has 0 unspecified atom stereocenters. The van der Waals surface area contributed by atoms with Crippen molar-refractivity contribution in [2.45, 2.75) is 17.9 Å². The maximum Gasteiger partial charge on any atom is 0.331 e. The van der Waals surface area contributed by atoms with Gasteiger partial charge in [-0.2, -0.15) is 0 Å². The normalized spacial score (nSPS) is 16.6. The van der Waals surface area contributed by atoms with Gasteiger partial charge in [0.25, 0.3) is 0 Å². The van der Waals surface area contributed by atoms with Crippen molar-refractivity contribution in [1.29, 1.82) is 0 Å². The third kappa shape index (κ3) is 6.90. The third-order valence-corrected chi connectivity index (χ3v) is 8.47. The average Bonchev–Trinajstić information content (AvgIpc) is 2.88. The van der Waals surface area contributed by atoms with E-state index in [1.54, 1.807) is 0 Å². The second kappa shape index (κ2) is 12.6. The van der Waals surface area contributed by atoms with E-state index in [0.717, 1.165) is 36.2 Å². The number of hydrogen-bond acceptors (Lipinski definition) is 7. The molecule has 2 N–H and O–H groups in total. The fourth-order valence-corrected chi connectivity index (χ4v) is 6.00. The number of nitrogens with one attached hydrogen (secondary N) is 2. The molecule has 11 heteroatoms. The van der Waals surface area contributed by atoms with Crippen LogP contribution in [0.2, 0.25) is 0 Å². The summed E-state index contributed by atoms with van der Waals surface area (Å²) in [6, 6.07) is 10.4. The van der Waals surface area contributed by atoms with Crippen LogP contribution < -0.4 is 19.7 Å². The molecule has 4 rings (SSSR count). The summed E-state index contributed by atoms with van der Waals surface area (Å²) in [7, 11) is -0.721. The molecule has 0 radical (unpaired) electrons. The molecule has 1 saturated heterocycles. The highest BCUT2D eigenvalue weighted by Gasteiger charge is 2.30. The van der Waals surface area contributed by atoms with Gasteiger partial charge in [0.05, 0.1) is 23.2 Å². The highest BCUT2D eigenvalue weighted by Crippen LogP contribution is 2.41. The van der Waals surface area contributed by atoms with Gasteiger partial charge in [-0.25, -0.2) is 9.18 Å². The molecule has 0 bridgehead atoms. The van der Waals surface area contributed by atoms with Crippen LogP contribution in [-0.2, 0) is 15.6 Å². The lowest BCUT2D eigenvalue weighted by atomic mass is 9.99. The maximum absolute atomic E-state index is 15.0. The number of carbonyl (C=O) groups excluding carboxylic acids is 1. The van der Waals surface area contributed by atoms with Crippen LogP contribution in [0.25, 0.3) is 0 Å². The fraction of sp³-hybridized carbons (Fsp3) is 0.308. The lowest BCUT2D eigenvalue weighted by molar-refractivity contribution is -0.133. The first-order chi connectivity index (χ1) is 17.9. The van der Waals surface area contributed by atoms with Crippen molar-refractivity contribution in [2.24, 2.45) is 0 Å². The van der Waals surface area contributed by atoms with E-state index < -0.39 is 22.6 Å². The summed E-state index contributed by atoms with van der Waals surface area (Å²) in [5, 5.41) is 2.98. The first-order valence-corrected chi connectivity index (χ1v) is 14.4. The highest BCUT2D eigenvalue weighted by molar-refractivity contribution is 7.99. The molecule has 1 atom stereocenters. The SMILES string of the molecule is C=CNC(=S)NSc1cc2c(cc1F)N([C@H](C)c1ccccc1C#CCN1CCS(=O)CC1)CC(=O)O2. The number of carbonyl (C=O) groups is 1. The Kier molecular flexibility index (Phi) is 9.21. The Morgan fingerprint density at radius 2 is 2.11 bits per heavy atom. The van der Waals surface area contributed by atoms with Crippen LogP contribution in [0.3, 0.4) is 0 Å². The first kappa shape index (κ1) is 27.1. The van der Waals surface area contributed by atoms with E-state index in [1.807, 2.05) is 36.1 Å². The van der Waals surface area contributed by atoms with E-state index in [9.17, 15) is 9.00 Å². The molecule has 0 amide bonds. The number of benzene rings is 2. The average molecular weight is 559 g/mol. The molecule has 0 aromatic heterocycles. The number of thiocarbonyl (C=S) groups is 1. The lowest BCUT2D eigenvalue weighted by Crippen LogP contribution is -2.39. The minimum absolute atomic E-state index is 0.0155. The Hall–Kier alpha value is -2.91. The van der Waals surface area contributed by atoms with Gasteiger partial charge in [0.1, 0.15) is 12.4 Å². The van der Waals surface area contributed by atoms with Crippen LogP contribution in [0.5, 0.6) is 5.75 Å². The predicted octanol–water partition coefficient (Wildman–Crippen LogP) is 3.34. The Morgan fingerprint density at radius 3 is 2.86 bits per heavy atom. The van der Waals surface area contributed by atoms with Crippen LogP contribution in [0, 0.1) is 17.7 Å². The molecule has 2 aromatic carbocycles. The molecule has 7 nitrogen and oxygen atoms in total. The molecule has 0 saturated carbocycles. The quantitative estimate of drug-likeness (QED) is 0.183. The number of esters is 1. The van der Waals surface area contributed by atoms with Crippen LogP contribution in [-0.4, -0.2) is 57.9 Å². The summed E-state index contributed by atoms with van der Waals surface area (Å²) in [6.07, 6.45) is 1.42. The van der Waals surface area contributed by atoms with Crippen LogP contribution in [0.15, 0.2) is 54.1 Å². The monoisotopic (exact) mass is 558 g/mol. The summed E-state index contributed by atoms with van der Waals surface area (Å²) in [6.45, 7) is 7.64. The maximum atomic E-state index is 15.0. The van der Waals surface area contributed by atoms with Crippen molar-refractivity contribution in [3.05, 3.63) is 66.1 Å². The molecule has 0 spiro atoms. The molecular weight excluding hydrogens is 532 g/mol. The number of ether oxygens (including phenoxy) is 1. The number of fused-ring (bicyclic) bond motifs is 1. The topological polar surface area (TPSA) is 73.9 Å². The van der Waals surface area contributed by atoms with Crippen LogP contribution in [0.4, 0.5) is 10.1 Å². The standard InChI is InChI=1S/C26H27FN4O3S3/c1-3-28-26(35)29-36-24-16-23-22(15-21(24)27)31(17-25(32)34-23)18(2)20-9-5-4-7-19(20)8-6-10-30-11-13-37(33)14-12-30/h3-5,7,9,15-16,18H,1,10-14,17H2,2H3,(H2,28,29,35)/t18-/m1/s1. The Balaban J connectivity index is 1.55. The minimum atomic E-state index is -0.721. The summed E-state index contributed by atoms with van der Waals surface area (Å²) >= 11 is 6.04. The Bertz CT molecular complexity index is 1280. The zero-order valence-electron chi connectivity index (χ0n) is 20.3. The van der Waals surface area contributed by atoms with Crippen LogP contribution in [0.1, 0.15) is 24.1 Å². The van der Waals surface area contributed by atoms with Gasteiger partial charge < -0.3 is 19.7 Å². The zero-order valence-corrected chi connectivity index (χ0v) is 22.7. The molecular formula is C26H27FN4O3S3. The van der Waals surface area contributed by atoms with E-state index in [4.69, 9.17) is 17.0 Å². The highest BCUT2D eigenvalue weighted by atomic mass is 32.2. The largest absolute Gasteiger partial charge is 0.423 e. The van der Waals surface area contributed by atoms with E-state index in [-0.39, 0.29) is 28.3 Å². The third-order valence-electron chi connectivity index (χ3n) is 6.01. The number of halogens is 1. The number of anilines is 1. The van der Waals surface area contributed by atoms with Crippen molar-refractivity contribution in [2.75, 3.05) is 42.6 Å². The van der Waals surface area contributed by atoms with Crippen LogP contribution >= 0.6 is 24.2 Å². The Morgan fingerprint density at radius 1 is 1.35 bits per heavy atom. The van der Waals surface area contributed by atoms with Gasteiger partial charge >= 0.3 is 5.97 Å². The Labute approximate surface area is 228 Å². The van der Waals surface area contributed by atoms with Gasteiger partial charge in [-0.05, 0) is 48.9 Å². The van der Waals surface area contributed by atoms with E-state index in [1.165, 1.54) is 18.3 Å². The van der Waals surface area contributed by atoms with Crippen molar-refractivity contribution in [3.8, 4) is 17.6 Å². The summed E-state index contributed by atoms with van der Waals surface area (Å²) in [5.41, 5.74) is 2.26. The second-order valence-electron chi connectivity index (χ2n) is 8.42. The smallest absolute Gasteiger partial charge is 0.331 e. The van der Waals surface area contributed by atoms with Crippen molar-refractivity contribution >= 4 is 51.7 Å². The van der Waals surface area contributed by atoms with E-state index in [0.29, 0.717) is 23.7 Å². The number of hydrogen-bond donors (Lipinski definition) is 2. The molecule has 2 heterocycles. The second-order valence-corrected chi connectivity index (χ2v) is 11.4. The zero-order chi connectivity index (χ0) is 26.4. The predicted molar refractivity (Wildman–Crippen MR) is 150 cm³/mol. The van der Waals surface area contributed by atoms with Crippen molar-refractivity contribution < 1.29 is 18.1 Å². The van der Waals surface area contributed by atoms with Gasteiger partial charge in [-0.15, -0.1) is 0 Å². The molecule has 2 aliphatic rings. The van der Waals surface area contributed by atoms with Gasteiger partial charge in [0.15, 0.2) is 10.9 Å². The number of rotatable bonds is 6. The van der Waals surface area contributed by atoms with E-state index >= 15 is 4.39 Å². The molecule has 0 aliphatic carbocycles. The van der Waals surface area contributed by atoms with Gasteiger partial charge in [-0.1, -0.05) is 36.6 Å². The minimum Gasteiger partial charge on any atom is -0.423 e. The van der Waals surface area contributed by atoms with E-state index in [2.05, 4.69) is 33.4 Å². The number of nitrogens with zero attached hydrogens (tertiary/aromatic N) is 2. The molecule has 2 aliphatic heterocycles. The summed E-state index contributed by atoms with van der Waals surface area (Å²) in [4.78, 5) is 16.8. The first-order valence-electron chi connectivity index (χ1n) is 11.7. The van der Waals surface area contributed by atoms with Gasteiger partial charge in [0, 0.05) is 53.1 Å². The summed E-state index contributed by atoms with van der Waals surface area (Å²) < 4.78 is 34.9. The van der Waals surface area contributed by atoms with Crippen molar-refractivity contribution in [3.63, 3.8) is 0 Å². The molecule has 1 fully saturated rings. The van der Waals surface area contributed by atoms with Crippen molar-refractivity contribution in [1.82, 2.24) is 14.9 Å². The molecule has 2 aromatic rings. The summed E-state index contributed by atoms with van der Waals surface area (Å²) in [5.74, 6) is 7.26.